The summed E-state index contributed by atoms with van der Waals surface area (Å²) in [4.78, 5) is 22.5. The van der Waals surface area contributed by atoms with Crippen LogP contribution in [0.5, 0.6) is 0 Å². The first-order chi connectivity index (χ1) is 20.0. The van der Waals surface area contributed by atoms with Gasteiger partial charge < -0.3 is 14.9 Å². The van der Waals surface area contributed by atoms with E-state index in [-0.39, 0.29) is 5.56 Å². The first-order valence-corrected chi connectivity index (χ1v) is 15.4. The molecule has 3 aromatic carbocycles. The van der Waals surface area contributed by atoms with Gasteiger partial charge in [0.15, 0.2) is 0 Å². The van der Waals surface area contributed by atoms with Crippen molar-refractivity contribution in [1.82, 2.24) is 4.31 Å². The second-order valence-corrected chi connectivity index (χ2v) is 11.2. The highest BCUT2D eigenvalue weighted by Crippen LogP contribution is 2.26. The third kappa shape index (κ3) is 15.4. The van der Waals surface area contributed by atoms with Crippen molar-refractivity contribution in [3.8, 4) is 0 Å². The van der Waals surface area contributed by atoms with Crippen LogP contribution >= 0.6 is 35.3 Å². The summed E-state index contributed by atoms with van der Waals surface area (Å²) in [7, 11) is 5.66. The molecule has 0 radical (unpaired) electrons. The summed E-state index contributed by atoms with van der Waals surface area (Å²) in [6.45, 7) is 10.9. The summed E-state index contributed by atoms with van der Waals surface area (Å²) in [5.74, 6) is -0.290. The third-order valence-corrected chi connectivity index (χ3v) is 6.51. The molecule has 0 bridgehead atoms. The van der Waals surface area contributed by atoms with Crippen LogP contribution in [-0.2, 0) is 0 Å². The smallest absolute Gasteiger partial charge is 0.258 e. The molecule has 42 heavy (non-hydrogen) atoms. The van der Waals surface area contributed by atoms with Crippen LogP contribution in [0.2, 0.25) is 5.02 Å². The lowest BCUT2D eigenvalue weighted by molar-refractivity contribution is 0.102. The highest BCUT2D eigenvalue weighted by Gasteiger charge is 2.16. The Hall–Kier alpha value is -2.78. The average molecular weight is 640 g/mol. The van der Waals surface area contributed by atoms with Gasteiger partial charge in [-0.25, -0.2) is 8.70 Å². The number of nitrogens with one attached hydrogen (secondary N) is 2. The van der Waals surface area contributed by atoms with Crippen molar-refractivity contribution in [3.05, 3.63) is 88.2 Å². The maximum absolute atomic E-state index is 14.5. The number of benzene rings is 3. The van der Waals surface area contributed by atoms with Crippen molar-refractivity contribution < 1.29 is 14.0 Å². The van der Waals surface area contributed by atoms with Crippen LogP contribution in [0.4, 0.5) is 21.5 Å². The maximum Gasteiger partial charge on any atom is 0.258 e. The summed E-state index contributed by atoms with van der Waals surface area (Å²) in [5, 5.41) is 6.41. The molecule has 6 nitrogen and oxygen atoms in total. The molecule has 3 rings (SSSR count). The number of hydrogen-bond donors (Lipinski definition) is 2. The summed E-state index contributed by atoms with van der Waals surface area (Å²) in [5.41, 5.74) is 3.95. The number of unbranched alkanes of at least 4 members (excludes halogenated alkanes) is 1. The van der Waals surface area contributed by atoms with Crippen molar-refractivity contribution >= 4 is 64.6 Å². The lowest BCUT2D eigenvalue weighted by Crippen LogP contribution is -2.20. The van der Waals surface area contributed by atoms with Crippen LogP contribution in [0.15, 0.2) is 60.7 Å². The summed E-state index contributed by atoms with van der Waals surface area (Å²) in [6, 6.07) is 17.0. The minimum Gasteiger partial charge on any atom is -0.388 e. The molecule has 10 heteroatoms. The van der Waals surface area contributed by atoms with Crippen LogP contribution in [0.25, 0.3) is 0 Å². The van der Waals surface area contributed by atoms with Gasteiger partial charge in [-0.05, 0) is 76.0 Å². The molecule has 0 atom stereocenters. The number of halogens is 3. The molecule has 0 spiro atoms. The summed E-state index contributed by atoms with van der Waals surface area (Å²) < 4.78 is 18.4. The first-order valence-electron chi connectivity index (χ1n) is 13.8. The Balaban J connectivity index is 0.000000857. The molecular weight excluding hydrogens is 594 g/mol. The number of hydrogen-bond acceptors (Lipinski definition) is 6. The minimum absolute atomic E-state index is 0.0197. The molecule has 0 heterocycles. The van der Waals surface area contributed by atoms with E-state index >= 15 is 0 Å². The monoisotopic (exact) mass is 638 g/mol. The number of rotatable bonds is 9. The summed E-state index contributed by atoms with van der Waals surface area (Å²) >= 11 is 12.0. The Morgan fingerprint density at radius 1 is 1.00 bits per heavy atom. The average Bonchev–Trinajstić information content (AvgIpc) is 2.97. The van der Waals surface area contributed by atoms with Crippen LogP contribution in [0.1, 0.15) is 66.8 Å². The Morgan fingerprint density at radius 3 is 2.10 bits per heavy atom. The fraction of sp³-hybridized carbons (Fsp3) is 0.375. The summed E-state index contributed by atoms with van der Waals surface area (Å²) in [6.07, 6.45) is 3.41. The van der Waals surface area contributed by atoms with E-state index in [1.807, 2.05) is 62.7 Å². The van der Waals surface area contributed by atoms with Crippen LogP contribution in [-0.4, -0.2) is 50.1 Å². The van der Waals surface area contributed by atoms with E-state index in [0.29, 0.717) is 28.5 Å². The Bertz CT molecular complexity index is 1210. The molecule has 0 fully saturated rings. The first kappa shape index (κ1) is 39.2. The second kappa shape index (κ2) is 22.8. The van der Waals surface area contributed by atoms with Crippen LogP contribution in [0.3, 0.4) is 0 Å². The van der Waals surface area contributed by atoms with E-state index in [4.69, 9.17) is 23.2 Å². The topological polar surface area (TPSA) is 64.7 Å². The highest BCUT2D eigenvalue weighted by molar-refractivity contribution is 7.98. The molecule has 0 saturated carbocycles. The highest BCUT2D eigenvalue weighted by atomic mass is 35.5. The quantitative estimate of drug-likeness (QED) is 0.138. The Labute approximate surface area is 266 Å². The third-order valence-electron chi connectivity index (χ3n) is 5.28. The molecule has 3 aromatic rings. The van der Waals surface area contributed by atoms with Gasteiger partial charge in [0.1, 0.15) is 12.1 Å². The largest absolute Gasteiger partial charge is 0.388 e. The lowest BCUT2D eigenvalue weighted by Gasteiger charge is -2.24. The standard InChI is InChI=1S/C19H25FN4OS.C7H5ClO.C4H10.C2H5Cl/c1-6-24(26-23(4)5)15-9-10-16(17(20)12-15)19(25)22-14-8-7-13(2)18(11-14)21-3;8-7-3-1-2-6(4-7)5-9;1-3-4-2;1-2-3/h7-12,21H,6H2,1-5H3,(H,22,25);1-5H;3-4H2,1-2H3;2H2,1H3. The molecule has 0 unspecified atom stereocenters. The number of alkyl halides is 1. The molecule has 0 aliphatic carbocycles. The molecular formula is C32H45Cl2FN4O2S. The predicted molar refractivity (Wildman–Crippen MR) is 183 cm³/mol. The molecule has 0 aromatic heterocycles. The Kier molecular flexibility index (Phi) is 21.3. The van der Waals surface area contributed by atoms with Gasteiger partial charge >= 0.3 is 0 Å². The van der Waals surface area contributed by atoms with E-state index < -0.39 is 11.7 Å². The van der Waals surface area contributed by atoms with Crippen LogP contribution in [0, 0.1) is 12.7 Å². The number of amides is 1. The van der Waals surface area contributed by atoms with Crippen molar-refractivity contribution in [1.29, 1.82) is 0 Å². The van der Waals surface area contributed by atoms with Gasteiger partial charge in [0.2, 0.25) is 0 Å². The van der Waals surface area contributed by atoms with E-state index in [1.54, 1.807) is 36.4 Å². The van der Waals surface area contributed by atoms with E-state index in [2.05, 4.69) is 24.5 Å². The zero-order valence-electron chi connectivity index (χ0n) is 25.9. The van der Waals surface area contributed by atoms with Gasteiger partial charge in [-0.2, -0.15) is 0 Å². The van der Waals surface area contributed by atoms with Crippen molar-refractivity contribution in [2.45, 2.75) is 47.5 Å². The molecule has 2 N–H and O–H groups in total. The minimum atomic E-state index is -0.543. The number of aryl methyl sites for hydroxylation is 1. The molecule has 1 amide bonds. The van der Waals surface area contributed by atoms with Gasteiger partial charge in [-0.3, -0.25) is 9.59 Å². The molecule has 232 valence electrons. The second-order valence-electron chi connectivity index (χ2n) is 8.93. The Morgan fingerprint density at radius 2 is 1.64 bits per heavy atom. The lowest BCUT2D eigenvalue weighted by atomic mass is 10.1. The number of aldehydes is 1. The predicted octanol–water partition coefficient (Wildman–Crippen LogP) is 9.58. The fourth-order valence-electron chi connectivity index (χ4n) is 3.08. The number of carbonyl (C=O) groups excluding carboxylic acids is 2. The zero-order valence-corrected chi connectivity index (χ0v) is 28.3. The zero-order chi connectivity index (χ0) is 32.1. The van der Waals surface area contributed by atoms with Crippen molar-refractivity contribution in [3.63, 3.8) is 0 Å². The molecule has 0 saturated heterocycles. The normalized spacial score (nSPS) is 9.71. The van der Waals surface area contributed by atoms with Gasteiger partial charge in [0.25, 0.3) is 5.91 Å². The fourth-order valence-corrected chi connectivity index (χ4v) is 3.99. The van der Waals surface area contributed by atoms with E-state index in [0.717, 1.165) is 23.4 Å². The van der Waals surface area contributed by atoms with E-state index in [9.17, 15) is 14.0 Å². The maximum atomic E-state index is 14.5. The van der Waals surface area contributed by atoms with Crippen LogP contribution < -0.4 is 14.9 Å². The van der Waals surface area contributed by atoms with Gasteiger partial charge in [-0.15, -0.1) is 11.6 Å². The van der Waals surface area contributed by atoms with Gasteiger partial charge in [-0.1, -0.05) is 63.4 Å². The molecule has 0 aliphatic rings. The van der Waals surface area contributed by atoms with Crippen molar-refractivity contribution in [2.24, 2.45) is 0 Å². The van der Waals surface area contributed by atoms with E-state index in [1.165, 1.54) is 37.1 Å². The SMILES string of the molecule is CCCC.CCCl.CCN(SN(C)C)c1ccc(C(=O)Nc2ccc(C)c(NC)c2)c(F)c1.O=Cc1cccc(Cl)c1. The molecule has 0 aliphatic heterocycles. The van der Waals surface area contributed by atoms with Crippen molar-refractivity contribution in [2.75, 3.05) is 48.5 Å². The number of nitrogens with zero attached hydrogens (tertiary/aromatic N) is 2. The van der Waals surface area contributed by atoms with Gasteiger partial charge in [0.05, 0.1) is 11.3 Å². The number of anilines is 3. The number of carbonyl (C=O) groups is 2. The van der Waals surface area contributed by atoms with Gasteiger partial charge in [0, 0.05) is 53.6 Å².